The summed E-state index contributed by atoms with van der Waals surface area (Å²) in [6.45, 7) is 6.50. The molecule has 1 amide bonds. The van der Waals surface area contributed by atoms with E-state index >= 15 is 0 Å². The van der Waals surface area contributed by atoms with Crippen molar-refractivity contribution in [3.05, 3.63) is 23.8 Å². The van der Waals surface area contributed by atoms with Gasteiger partial charge in [-0.1, -0.05) is 0 Å². The molecule has 1 aliphatic rings. The van der Waals surface area contributed by atoms with E-state index in [4.69, 9.17) is 4.74 Å². The largest absolute Gasteiger partial charge is 0.444 e. The van der Waals surface area contributed by atoms with E-state index in [0.29, 0.717) is 18.8 Å². The van der Waals surface area contributed by atoms with Crippen LogP contribution >= 0.6 is 0 Å². The van der Waals surface area contributed by atoms with Crippen LogP contribution in [-0.4, -0.2) is 24.8 Å². The van der Waals surface area contributed by atoms with Gasteiger partial charge in [0.25, 0.3) is 0 Å². The first-order chi connectivity index (χ1) is 10.5. The summed E-state index contributed by atoms with van der Waals surface area (Å²) in [4.78, 5) is 13.7. The smallest absolute Gasteiger partial charge is 0.416 e. The second-order valence-corrected chi connectivity index (χ2v) is 6.59. The molecule has 1 fully saturated rings. The van der Waals surface area contributed by atoms with Crippen molar-refractivity contribution < 1.29 is 22.7 Å². The summed E-state index contributed by atoms with van der Waals surface area (Å²) < 4.78 is 44.3. The van der Waals surface area contributed by atoms with Gasteiger partial charge in [0, 0.05) is 24.5 Å². The predicted octanol–water partition coefficient (Wildman–Crippen LogP) is 4.65. The Bertz CT molecular complexity index is 574. The van der Waals surface area contributed by atoms with Crippen molar-refractivity contribution in [1.82, 2.24) is 0 Å². The van der Waals surface area contributed by atoms with Crippen LogP contribution in [-0.2, 0) is 10.9 Å². The zero-order chi connectivity index (χ0) is 17.3. The van der Waals surface area contributed by atoms with Gasteiger partial charge in [0.15, 0.2) is 0 Å². The van der Waals surface area contributed by atoms with Gasteiger partial charge in [-0.2, -0.15) is 13.2 Å². The Labute approximate surface area is 133 Å². The molecule has 7 heteroatoms. The number of hydrogen-bond acceptors (Lipinski definition) is 3. The number of carbonyl (C=O) groups is 1. The molecule has 0 saturated carbocycles. The molecule has 2 rings (SSSR count). The third kappa shape index (κ3) is 5.04. The van der Waals surface area contributed by atoms with Crippen molar-refractivity contribution in [2.75, 3.05) is 23.3 Å². The van der Waals surface area contributed by atoms with E-state index in [1.807, 2.05) is 4.90 Å². The maximum absolute atomic E-state index is 13.1. The van der Waals surface area contributed by atoms with E-state index in [0.717, 1.165) is 25.0 Å². The number of nitrogens with zero attached hydrogens (tertiary/aromatic N) is 1. The highest BCUT2D eigenvalue weighted by Crippen LogP contribution is 2.35. The van der Waals surface area contributed by atoms with Gasteiger partial charge < -0.3 is 9.64 Å². The molecule has 0 radical (unpaired) electrons. The zero-order valence-corrected chi connectivity index (χ0v) is 13.5. The molecule has 0 unspecified atom stereocenters. The van der Waals surface area contributed by atoms with Crippen LogP contribution in [0.5, 0.6) is 0 Å². The second kappa shape index (κ2) is 6.29. The molecule has 1 aromatic carbocycles. The summed E-state index contributed by atoms with van der Waals surface area (Å²) in [5.41, 5.74) is -0.962. The van der Waals surface area contributed by atoms with E-state index in [1.54, 1.807) is 26.8 Å². The number of halogens is 3. The molecule has 23 heavy (non-hydrogen) atoms. The zero-order valence-electron chi connectivity index (χ0n) is 13.5. The fourth-order valence-corrected chi connectivity index (χ4v) is 2.43. The Balaban J connectivity index is 2.27. The van der Waals surface area contributed by atoms with E-state index in [9.17, 15) is 18.0 Å². The molecule has 0 aliphatic carbocycles. The topological polar surface area (TPSA) is 41.6 Å². The fraction of sp³-hybridized carbons (Fsp3) is 0.562. The normalized spacial score (nSPS) is 15.7. The minimum atomic E-state index is -4.47. The lowest BCUT2D eigenvalue weighted by Crippen LogP contribution is -2.27. The number of benzene rings is 1. The maximum atomic E-state index is 13.1. The maximum Gasteiger partial charge on any atom is 0.416 e. The van der Waals surface area contributed by atoms with Crippen molar-refractivity contribution in [1.29, 1.82) is 0 Å². The molecule has 1 aromatic rings. The van der Waals surface area contributed by atoms with Crippen molar-refractivity contribution in [3.8, 4) is 0 Å². The number of rotatable bonds is 2. The Hall–Kier alpha value is -1.92. The molecule has 0 spiro atoms. The van der Waals surface area contributed by atoms with Gasteiger partial charge in [-0.3, -0.25) is 5.32 Å². The SMILES string of the molecule is CC(C)(C)OC(=O)Nc1cc(N2CCCC2)cc(C(F)(F)F)c1. The molecular weight excluding hydrogens is 309 g/mol. The second-order valence-electron chi connectivity index (χ2n) is 6.59. The number of nitrogens with one attached hydrogen (secondary N) is 1. The minimum absolute atomic E-state index is 0.0796. The highest BCUT2D eigenvalue weighted by molar-refractivity contribution is 5.86. The number of ether oxygens (including phenoxy) is 1. The summed E-state index contributed by atoms with van der Waals surface area (Å²) in [6.07, 6.45) is -3.35. The highest BCUT2D eigenvalue weighted by atomic mass is 19.4. The summed E-state index contributed by atoms with van der Waals surface area (Å²) in [5, 5.41) is 2.39. The molecule has 0 aromatic heterocycles. The van der Waals surface area contributed by atoms with Crippen LogP contribution in [0.3, 0.4) is 0 Å². The number of hydrogen-bond donors (Lipinski definition) is 1. The monoisotopic (exact) mass is 330 g/mol. The Kier molecular flexibility index (Phi) is 4.77. The first-order valence-corrected chi connectivity index (χ1v) is 7.52. The summed E-state index contributed by atoms with van der Waals surface area (Å²) in [7, 11) is 0. The first-order valence-electron chi connectivity index (χ1n) is 7.52. The Morgan fingerprint density at radius 3 is 2.26 bits per heavy atom. The molecule has 0 atom stereocenters. The molecule has 128 valence electrons. The molecule has 1 heterocycles. The average molecular weight is 330 g/mol. The molecule has 1 aliphatic heterocycles. The average Bonchev–Trinajstić information content (AvgIpc) is 2.88. The van der Waals surface area contributed by atoms with Gasteiger partial charge in [0.1, 0.15) is 5.60 Å². The number of alkyl halides is 3. The van der Waals surface area contributed by atoms with Gasteiger partial charge >= 0.3 is 12.3 Å². The van der Waals surface area contributed by atoms with Crippen molar-refractivity contribution >= 4 is 17.5 Å². The fourth-order valence-electron chi connectivity index (χ4n) is 2.43. The molecule has 1 N–H and O–H groups in total. The summed E-state index contributed by atoms with van der Waals surface area (Å²) in [5.74, 6) is 0. The van der Waals surface area contributed by atoms with Crippen LogP contribution < -0.4 is 10.2 Å². The standard InChI is InChI=1S/C16H21F3N2O2/c1-15(2,3)23-14(22)20-12-8-11(16(17,18)19)9-13(10-12)21-6-4-5-7-21/h8-10H,4-7H2,1-3H3,(H,20,22). The number of amides is 1. The summed E-state index contributed by atoms with van der Waals surface area (Å²) >= 11 is 0. The van der Waals surface area contributed by atoms with Gasteiger partial charge in [-0.15, -0.1) is 0 Å². The lowest BCUT2D eigenvalue weighted by atomic mass is 10.1. The van der Waals surface area contributed by atoms with Gasteiger partial charge in [0.2, 0.25) is 0 Å². The molecular formula is C16H21F3N2O2. The van der Waals surface area contributed by atoms with Crippen LogP contribution in [0.2, 0.25) is 0 Å². The third-order valence-corrected chi connectivity index (χ3v) is 3.36. The predicted molar refractivity (Wildman–Crippen MR) is 82.7 cm³/mol. The lowest BCUT2D eigenvalue weighted by Gasteiger charge is -2.22. The minimum Gasteiger partial charge on any atom is -0.444 e. The summed E-state index contributed by atoms with van der Waals surface area (Å²) in [6, 6.07) is 3.58. The van der Waals surface area contributed by atoms with Gasteiger partial charge in [0.05, 0.1) is 5.56 Å². The van der Waals surface area contributed by atoms with E-state index in [2.05, 4.69) is 5.32 Å². The van der Waals surface area contributed by atoms with Crippen molar-refractivity contribution in [2.24, 2.45) is 0 Å². The molecule has 4 nitrogen and oxygen atoms in total. The van der Waals surface area contributed by atoms with Crippen LogP contribution in [0.25, 0.3) is 0 Å². The van der Waals surface area contributed by atoms with Crippen molar-refractivity contribution in [2.45, 2.75) is 45.4 Å². The number of anilines is 2. The lowest BCUT2D eigenvalue weighted by molar-refractivity contribution is -0.137. The van der Waals surface area contributed by atoms with Crippen LogP contribution in [0.15, 0.2) is 18.2 Å². The van der Waals surface area contributed by atoms with E-state index in [-0.39, 0.29) is 5.69 Å². The molecule has 0 bridgehead atoms. The van der Waals surface area contributed by atoms with Gasteiger partial charge in [-0.25, -0.2) is 4.79 Å². The third-order valence-electron chi connectivity index (χ3n) is 3.36. The Morgan fingerprint density at radius 1 is 1.13 bits per heavy atom. The van der Waals surface area contributed by atoms with Crippen LogP contribution in [0.4, 0.5) is 29.3 Å². The van der Waals surface area contributed by atoms with E-state index < -0.39 is 23.4 Å². The highest BCUT2D eigenvalue weighted by Gasteiger charge is 2.32. The number of carbonyl (C=O) groups excluding carboxylic acids is 1. The van der Waals surface area contributed by atoms with Crippen LogP contribution in [0, 0.1) is 0 Å². The van der Waals surface area contributed by atoms with E-state index in [1.165, 1.54) is 0 Å². The Morgan fingerprint density at radius 2 is 1.74 bits per heavy atom. The van der Waals surface area contributed by atoms with Gasteiger partial charge in [-0.05, 0) is 51.8 Å². The first kappa shape index (κ1) is 17.4. The quantitative estimate of drug-likeness (QED) is 0.858. The van der Waals surface area contributed by atoms with Crippen molar-refractivity contribution in [3.63, 3.8) is 0 Å². The molecule has 1 saturated heterocycles. The van der Waals surface area contributed by atoms with Crippen LogP contribution in [0.1, 0.15) is 39.2 Å².